The molecule has 0 aromatic carbocycles. The predicted molar refractivity (Wildman–Crippen MR) is 74.9 cm³/mol. The van der Waals surface area contributed by atoms with Crippen LogP contribution in [0.25, 0.3) is 0 Å². The number of rotatable bonds is 10. The van der Waals surface area contributed by atoms with Crippen LogP contribution >= 0.6 is 0 Å². The molecule has 0 bridgehead atoms. The number of ether oxygens (including phenoxy) is 1. The summed E-state index contributed by atoms with van der Waals surface area (Å²) in [5.74, 6) is 1.65. The highest BCUT2D eigenvalue weighted by atomic mass is 16.5. The summed E-state index contributed by atoms with van der Waals surface area (Å²) in [5, 5.41) is 3.99. The highest BCUT2D eigenvalue weighted by molar-refractivity contribution is 4.97. The van der Waals surface area contributed by atoms with E-state index in [9.17, 15) is 0 Å². The first-order valence-electron chi connectivity index (χ1n) is 7.39. The van der Waals surface area contributed by atoms with Crippen molar-refractivity contribution in [3.05, 3.63) is 11.7 Å². The first-order valence-corrected chi connectivity index (χ1v) is 7.39. The van der Waals surface area contributed by atoms with Crippen LogP contribution in [0.2, 0.25) is 0 Å². The summed E-state index contributed by atoms with van der Waals surface area (Å²) < 4.78 is 10.8. The molecule has 5 nitrogen and oxygen atoms in total. The maximum Gasteiger partial charge on any atom is 0.229 e. The van der Waals surface area contributed by atoms with Gasteiger partial charge in [-0.25, -0.2) is 0 Å². The van der Waals surface area contributed by atoms with Crippen molar-refractivity contribution in [1.29, 1.82) is 0 Å². The summed E-state index contributed by atoms with van der Waals surface area (Å²) in [6.45, 7) is 7.57. The van der Waals surface area contributed by atoms with Crippen LogP contribution in [0.1, 0.15) is 76.6 Å². The maximum atomic E-state index is 5.99. The highest BCUT2D eigenvalue weighted by Crippen LogP contribution is 2.25. The topological polar surface area (TPSA) is 74.2 Å². The van der Waals surface area contributed by atoms with Gasteiger partial charge in [0.1, 0.15) is 0 Å². The lowest BCUT2D eigenvalue weighted by Gasteiger charge is -2.09. The lowest BCUT2D eigenvalue weighted by atomic mass is 9.98. The van der Waals surface area contributed by atoms with Crippen LogP contribution in [0.3, 0.4) is 0 Å². The van der Waals surface area contributed by atoms with E-state index in [1.165, 1.54) is 0 Å². The van der Waals surface area contributed by atoms with Gasteiger partial charge in [-0.15, -0.1) is 0 Å². The molecule has 0 radical (unpaired) electrons. The molecule has 0 aliphatic rings. The second-order valence-corrected chi connectivity index (χ2v) is 4.95. The van der Waals surface area contributed by atoms with Gasteiger partial charge >= 0.3 is 0 Å². The van der Waals surface area contributed by atoms with E-state index in [4.69, 9.17) is 15.0 Å². The van der Waals surface area contributed by atoms with E-state index < -0.39 is 0 Å². The molecule has 0 saturated carbocycles. The van der Waals surface area contributed by atoms with Crippen LogP contribution in [0.5, 0.6) is 0 Å². The Morgan fingerprint density at radius 1 is 1.16 bits per heavy atom. The Morgan fingerprint density at radius 2 is 1.84 bits per heavy atom. The van der Waals surface area contributed by atoms with Gasteiger partial charge in [-0.1, -0.05) is 38.8 Å². The lowest BCUT2D eigenvalue weighted by Crippen LogP contribution is -2.19. The zero-order chi connectivity index (χ0) is 14.1. The molecule has 1 unspecified atom stereocenters. The quantitative estimate of drug-likeness (QED) is 0.660. The average Bonchev–Trinajstić information content (AvgIpc) is 2.88. The van der Waals surface area contributed by atoms with Crippen molar-refractivity contribution in [1.82, 2.24) is 10.1 Å². The molecular formula is C14H27N3O2. The van der Waals surface area contributed by atoms with E-state index in [-0.39, 0.29) is 6.04 Å². The molecule has 0 spiro atoms. The van der Waals surface area contributed by atoms with E-state index in [0.29, 0.717) is 25.0 Å². The van der Waals surface area contributed by atoms with Crippen LogP contribution in [0.15, 0.2) is 4.52 Å². The smallest absolute Gasteiger partial charge is 0.229 e. The largest absolute Gasteiger partial charge is 0.379 e. The van der Waals surface area contributed by atoms with Gasteiger partial charge < -0.3 is 15.0 Å². The molecule has 1 heterocycles. The van der Waals surface area contributed by atoms with E-state index in [1.807, 2.05) is 0 Å². The van der Waals surface area contributed by atoms with Crippen molar-refractivity contribution in [3.63, 3.8) is 0 Å². The Balaban J connectivity index is 2.58. The molecule has 2 N–H and O–H groups in total. The Bertz CT molecular complexity index is 335. The van der Waals surface area contributed by atoms with Crippen molar-refractivity contribution >= 4 is 0 Å². The number of hydrogen-bond acceptors (Lipinski definition) is 5. The fourth-order valence-corrected chi connectivity index (χ4v) is 2.08. The second kappa shape index (κ2) is 9.04. The van der Waals surface area contributed by atoms with Gasteiger partial charge in [0.2, 0.25) is 5.89 Å². The van der Waals surface area contributed by atoms with Gasteiger partial charge in [0.25, 0.3) is 0 Å². The van der Waals surface area contributed by atoms with Crippen molar-refractivity contribution in [2.24, 2.45) is 5.73 Å². The molecule has 0 amide bonds. The number of nitrogens with two attached hydrogens (primary N) is 1. The van der Waals surface area contributed by atoms with E-state index in [1.54, 1.807) is 0 Å². The fourth-order valence-electron chi connectivity index (χ4n) is 2.08. The maximum absolute atomic E-state index is 5.99. The average molecular weight is 269 g/mol. The minimum Gasteiger partial charge on any atom is -0.379 e. The first-order chi connectivity index (χ1) is 9.22. The second-order valence-electron chi connectivity index (χ2n) is 4.95. The van der Waals surface area contributed by atoms with Gasteiger partial charge in [-0.05, 0) is 19.3 Å². The molecule has 0 fully saturated rings. The minimum absolute atomic E-state index is 0.298. The molecule has 19 heavy (non-hydrogen) atoms. The van der Waals surface area contributed by atoms with Crippen molar-refractivity contribution in [3.8, 4) is 0 Å². The summed E-state index contributed by atoms with van der Waals surface area (Å²) in [5.41, 5.74) is 5.99. The summed E-state index contributed by atoms with van der Waals surface area (Å²) in [4.78, 5) is 4.44. The van der Waals surface area contributed by atoms with Gasteiger partial charge in [0, 0.05) is 12.5 Å². The Morgan fingerprint density at radius 3 is 2.42 bits per heavy atom. The fraction of sp³-hybridized carbons (Fsp3) is 0.857. The molecule has 1 aromatic rings. The normalized spacial score (nSPS) is 13.1. The first kappa shape index (κ1) is 16.1. The van der Waals surface area contributed by atoms with Crippen LogP contribution in [0, 0.1) is 0 Å². The lowest BCUT2D eigenvalue weighted by molar-refractivity contribution is 0.119. The summed E-state index contributed by atoms with van der Waals surface area (Å²) in [6.07, 6.45) is 5.38. The van der Waals surface area contributed by atoms with Crippen molar-refractivity contribution in [2.75, 3.05) is 13.2 Å². The number of nitrogens with zero attached hydrogens (tertiary/aromatic N) is 2. The van der Waals surface area contributed by atoms with Crippen LogP contribution < -0.4 is 5.73 Å². The molecule has 0 aliphatic heterocycles. The number of aromatic nitrogens is 2. The molecule has 1 aromatic heterocycles. The van der Waals surface area contributed by atoms with E-state index in [0.717, 1.165) is 38.0 Å². The summed E-state index contributed by atoms with van der Waals surface area (Å²) in [7, 11) is 0. The molecule has 0 aliphatic carbocycles. The van der Waals surface area contributed by atoms with Gasteiger partial charge in [0.05, 0.1) is 12.6 Å². The van der Waals surface area contributed by atoms with Crippen molar-refractivity contribution in [2.45, 2.75) is 64.8 Å². The number of hydrogen-bond donors (Lipinski definition) is 1. The predicted octanol–water partition coefficient (Wildman–Crippen LogP) is 3.18. The van der Waals surface area contributed by atoms with Gasteiger partial charge in [0.15, 0.2) is 5.82 Å². The molecule has 5 heteroatoms. The third kappa shape index (κ3) is 5.28. The molecule has 0 saturated heterocycles. The summed E-state index contributed by atoms with van der Waals surface area (Å²) >= 11 is 0. The minimum atomic E-state index is -0.298. The zero-order valence-electron chi connectivity index (χ0n) is 12.4. The van der Waals surface area contributed by atoms with Gasteiger partial charge in [-0.2, -0.15) is 4.98 Å². The third-order valence-electron chi connectivity index (χ3n) is 3.06. The van der Waals surface area contributed by atoms with Crippen LogP contribution in [-0.2, 0) is 4.74 Å². The Labute approximate surface area is 115 Å². The van der Waals surface area contributed by atoms with E-state index in [2.05, 4.69) is 30.9 Å². The van der Waals surface area contributed by atoms with Crippen molar-refractivity contribution < 1.29 is 9.26 Å². The Kier molecular flexibility index (Phi) is 7.67. The molecular weight excluding hydrogens is 242 g/mol. The summed E-state index contributed by atoms with van der Waals surface area (Å²) in [6, 6.07) is -0.298. The van der Waals surface area contributed by atoms with Gasteiger partial charge in [-0.3, -0.25) is 0 Å². The third-order valence-corrected chi connectivity index (χ3v) is 3.06. The molecule has 1 rings (SSSR count). The SMILES string of the molecule is CCCOCC(N)c1noc(C(CCC)CCC)n1. The highest BCUT2D eigenvalue weighted by Gasteiger charge is 2.20. The van der Waals surface area contributed by atoms with Crippen LogP contribution in [0.4, 0.5) is 0 Å². The van der Waals surface area contributed by atoms with E-state index >= 15 is 0 Å². The van der Waals surface area contributed by atoms with Crippen LogP contribution in [-0.4, -0.2) is 23.4 Å². The zero-order valence-corrected chi connectivity index (χ0v) is 12.4. The standard InChI is InChI=1S/C14H27N3O2/c1-4-7-11(8-5-2)14-16-13(17-19-14)12(15)10-18-9-6-3/h11-12H,4-10,15H2,1-3H3. The Hall–Kier alpha value is -0.940. The molecule has 1 atom stereocenters. The monoisotopic (exact) mass is 269 g/mol. The molecule has 110 valence electrons.